The van der Waals surface area contributed by atoms with Crippen molar-refractivity contribution in [1.82, 2.24) is 10.2 Å². The van der Waals surface area contributed by atoms with Gasteiger partial charge in [-0.2, -0.15) is 5.10 Å². The Morgan fingerprint density at radius 1 is 1.75 bits per heavy atom. The van der Waals surface area contributed by atoms with Crippen LogP contribution in [-0.2, 0) is 4.79 Å². The second-order valence-corrected chi connectivity index (χ2v) is 3.15. The minimum Gasteiger partial charge on any atom is -0.318 e. The van der Waals surface area contributed by atoms with Crippen molar-refractivity contribution < 1.29 is 4.79 Å². The summed E-state index contributed by atoms with van der Waals surface area (Å²) in [5.74, 6) is 0.310. The first kappa shape index (κ1) is 8.73. The summed E-state index contributed by atoms with van der Waals surface area (Å²) >= 11 is 0. The molecule has 0 fully saturated rings. The summed E-state index contributed by atoms with van der Waals surface area (Å²) < 4.78 is 0. The van der Waals surface area contributed by atoms with Gasteiger partial charge in [0, 0.05) is 6.07 Å². The maximum absolute atomic E-state index is 11.2. The number of hydrogen-bond donors (Lipinski definition) is 3. The van der Waals surface area contributed by atoms with Crippen molar-refractivity contribution in [3.63, 3.8) is 0 Å². The van der Waals surface area contributed by atoms with Gasteiger partial charge >= 0.3 is 0 Å². The smallest absolute Gasteiger partial charge is 0.245 e. The summed E-state index contributed by atoms with van der Waals surface area (Å²) in [6, 6.07) is 1.66. The Morgan fingerprint density at radius 2 is 2.42 bits per heavy atom. The van der Waals surface area contributed by atoms with Crippen molar-refractivity contribution in [3.05, 3.63) is 12.3 Å². The number of carbonyl (C=O) groups is 1. The number of hydrogen-bond acceptors (Lipinski definition) is 3. The molecule has 1 aromatic rings. The predicted octanol–water partition coefficient (Wildman–Crippen LogP) is 0.0855. The lowest BCUT2D eigenvalue weighted by atomic mass is 10.1. The predicted molar refractivity (Wildman–Crippen MR) is 45.5 cm³/mol. The number of nitrogens with zero attached hydrogens (tertiary/aromatic N) is 1. The van der Waals surface area contributed by atoms with Gasteiger partial charge in [-0.05, 0) is 13.8 Å². The molecule has 0 aliphatic rings. The van der Waals surface area contributed by atoms with Crippen LogP contribution in [0.2, 0.25) is 0 Å². The molecule has 0 saturated heterocycles. The quantitative estimate of drug-likeness (QED) is 0.585. The molecule has 66 valence electrons. The zero-order valence-electron chi connectivity index (χ0n) is 7.09. The van der Waals surface area contributed by atoms with E-state index in [1.54, 1.807) is 26.1 Å². The number of nitrogens with one attached hydrogen (secondary N) is 2. The molecule has 0 radical (unpaired) electrons. The van der Waals surface area contributed by atoms with Crippen LogP contribution in [0.1, 0.15) is 13.8 Å². The van der Waals surface area contributed by atoms with E-state index in [0.717, 1.165) is 0 Å². The van der Waals surface area contributed by atoms with Gasteiger partial charge in [-0.25, -0.2) is 0 Å². The number of rotatable bonds is 2. The van der Waals surface area contributed by atoms with Gasteiger partial charge in [0.25, 0.3) is 0 Å². The second kappa shape index (κ2) is 2.94. The fourth-order valence-corrected chi connectivity index (χ4v) is 0.609. The molecule has 0 unspecified atom stereocenters. The molecule has 4 N–H and O–H groups in total. The normalized spacial score (nSPS) is 11.2. The summed E-state index contributed by atoms with van der Waals surface area (Å²) in [7, 11) is 0. The second-order valence-electron chi connectivity index (χ2n) is 3.15. The van der Waals surface area contributed by atoms with Gasteiger partial charge in [0.05, 0.1) is 11.7 Å². The van der Waals surface area contributed by atoms with Crippen molar-refractivity contribution in [2.75, 3.05) is 5.32 Å². The number of aromatic nitrogens is 2. The number of amides is 1. The molecule has 1 aromatic heterocycles. The molecule has 0 atom stereocenters. The highest BCUT2D eigenvalue weighted by molar-refractivity contribution is 5.96. The maximum atomic E-state index is 11.2. The van der Waals surface area contributed by atoms with Crippen molar-refractivity contribution in [2.24, 2.45) is 5.73 Å². The van der Waals surface area contributed by atoms with Gasteiger partial charge in [0.15, 0.2) is 0 Å². The van der Waals surface area contributed by atoms with Crippen molar-refractivity contribution >= 4 is 11.7 Å². The van der Waals surface area contributed by atoms with E-state index in [4.69, 9.17) is 5.73 Å². The molecule has 0 spiro atoms. The van der Waals surface area contributed by atoms with Crippen LogP contribution in [-0.4, -0.2) is 21.6 Å². The first-order chi connectivity index (χ1) is 5.50. The highest BCUT2D eigenvalue weighted by atomic mass is 16.2. The molecule has 1 heterocycles. The minimum atomic E-state index is -0.870. The Bertz CT molecular complexity index is 259. The Hall–Kier alpha value is -1.36. The molecular weight excluding hydrogens is 156 g/mol. The fraction of sp³-hybridized carbons (Fsp3) is 0.429. The van der Waals surface area contributed by atoms with E-state index in [9.17, 15) is 4.79 Å². The Balaban J connectivity index is 2.60. The van der Waals surface area contributed by atoms with E-state index < -0.39 is 5.54 Å². The number of nitrogens with two attached hydrogens (primary N) is 1. The van der Waals surface area contributed by atoms with Gasteiger partial charge < -0.3 is 11.1 Å². The standard InChI is InChI=1S/C7H12N4O/c1-7(2,8)6(12)10-5-3-4-9-11-5/h3-4H,8H2,1-2H3,(H2,9,10,11,12). The van der Waals surface area contributed by atoms with Crippen molar-refractivity contribution in [3.8, 4) is 0 Å². The first-order valence-electron chi connectivity index (χ1n) is 3.60. The van der Waals surface area contributed by atoms with Crippen LogP contribution in [0.25, 0.3) is 0 Å². The van der Waals surface area contributed by atoms with Gasteiger partial charge in [0.2, 0.25) is 5.91 Å². The van der Waals surface area contributed by atoms with Crippen LogP contribution in [0.5, 0.6) is 0 Å². The van der Waals surface area contributed by atoms with E-state index in [2.05, 4.69) is 15.5 Å². The van der Waals surface area contributed by atoms with Crippen LogP contribution in [0.15, 0.2) is 12.3 Å². The Labute approximate surface area is 70.3 Å². The summed E-state index contributed by atoms with van der Waals surface area (Å²) in [4.78, 5) is 11.2. The number of carbonyl (C=O) groups excluding carboxylic acids is 1. The monoisotopic (exact) mass is 168 g/mol. The molecule has 1 rings (SSSR count). The van der Waals surface area contributed by atoms with E-state index >= 15 is 0 Å². The highest BCUT2D eigenvalue weighted by Crippen LogP contribution is 2.03. The molecule has 5 nitrogen and oxygen atoms in total. The van der Waals surface area contributed by atoms with E-state index in [1.807, 2.05) is 0 Å². The third kappa shape index (κ3) is 2.06. The van der Waals surface area contributed by atoms with Crippen LogP contribution < -0.4 is 11.1 Å². The van der Waals surface area contributed by atoms with E-state index in [0.29, 0.717) is 5.82 Å². The summed E-state index contributed by atoms with van der Waals surface area (Å²) in [6.07, 6.45) is 1.55. The first-order valence-corrected chi connectivity index (χ1v) is 3.60. The lowest BCUT2D eigenvalue weighted by Crippen LogP contribution is -2.45. The van der Waals surface area contributed by atoms with Gasteiger partial charge in [0.1, 0.15) is 5.82 Å². The zero-order chi connectivity index (χ0) is 9.19. The van der Waals surface area contributed by atoms with Crippen LogP contribution in [0.4, 0.5) is 5.82 Å². The summed E-state index contributed by atoms with van der Waals surface area (Å²) in [6.45, 7) is 3.28. The molecule has 1 amide bonds. The van der Waals surface area contributed by atoms with Crippen molar-refractivity contribution in [1.29, 1.82) is 0 Å². The molecule has 0 aliphatic heterocycles. The van der Waals surface area contributed by atoms with Crippen LogP contribution in [0, 0.1) is 0 Å². The summed E-state index contributed by atoms with van der Waals surface area (Å²) in [5, 5.41) is 8.86. The number of anilines is 1. The average Bonchev–Trinajstić information content (AvgIpc) is 2.37. The molecule has 0 aromatic carbocycles. The molecule has 0 aliphatic carbocycles. The lowest BCUT2D eigenvalue weighted by Gasteiger charge is -2.16. The molecular formula is C7H12N4O. The largest absolute Gasteiger partial charge is 0.318 e. The van der Waals surface area contributed by atoms with E-state index in [-0.39, 0.29) is 5.91 Å². The topological polar surface area (TPSA) is 83.8 Å². The maximum Gasteiger partial charge on any atom is 0.245 e. The van der Waals surface area contributed by atoms with E-state index in [1.165, 1.54) is 0 Å². The fourth-order valence-electron chi connectivity index (χ4n) is 0.609. The number of H-pyrrole nitrogens is 1. The third-order valence-corrected chi connectivity index (χ3v) is 1.33. The van der Waals surface area contributed by atoms with Gasteiger partial charge in [-0.1, -0.05) is 0 Å². The zero-order valence-corrected chi connectivity index (χ0v) is 7.09. The third-order valence-electron chi connectivity index (χ3n) is 1.33. The number of aromatic amines is 1. The molecule has 0 bridgehead atoms. The highest BCUT2D eigenvalue weighted by Gasteiger charge is 2.21. The SMILES string of the molecule is CC(C)(N)C(=O)Nc1ccn[nH]1. The summed E-state index contributed by atoms with van der Waals surface area (Å²) in [5.41, 5.74) is 4.68. The van der Waals surface area contributed by atoms with Gasteiger partial charge in [-0.15, -0.1) is 0 Å². The molecule has 5 heteroatoms. The molecule has 12 heavy (non-hydrogen) atoms. The van der Waals surface area contributed by atoms with Crippen molar-refractivity contribution in [2.45, 2.75) is 19.4 Å². The molecule has 0 saturated carbocycles. The lowest BCUT2D eigenvalue weighted by molar-refractivity contribution is -0.120. The van der Waals surface area contributed by atoms with Crippen LogP contribution in [0.3, 0.4) is 0 Å². The average molecular weight is 168 g/mol. The van der Waals surface area contributed by atoms with Gasteiger partial charge in [-0.3, -0.25) is 9.89 Å². The van der Waals surface area contributed by atoms with Crippen LogP contribution >= 0.6 is 0 Å². The Morgan fingerprint density at radius 3 is 2.83 bits per heavy atom. The minimum absolute atomic E-state index is 0.244. The Kier molecular flexibility index (Phi) is 2.14.